The average Bonchev–Trinajstić information content (AvgIpc) is 1.70. The smallest absolute Gasteiger partial charge is 0.253 e. The second kappa shape index (κ2) is 39.3. The monoisotopic (exact) mass is 1460 g/mol. The number of pyridine rings is 3. The number of rotatable bonds is 30. The fourth-order valence-corrected chi connectivity index (χ4v) is 15.2. The maximum Gasteiger partial charge on any atom is 0.253 e. The molecular formula is C84H109ClN12O9. The summed E-state index contributed by atoms with van der Waals surface area (Å²) in [6, 6.07) is 32.9. The van der Waals surface area contributed by atoms with Gasteiger partial charge in [-0.1, -0.05) is 54.6 Å². The quantitative estimate of drug-likeness (QED) is 0.0163. The molecule has 0 unspecified atom stereocenters. The van der Waals surface area contributed by atoms with Crippen molar-refractivity contribution in [1.29, 1.82) is 0 Å². The molecule has 9 atom stereocenters. The lowest BCUT2D eigenvalue weighted by atomic mass is 9.95. The number of nitrogens with one attached hydrogen (secondary N) is 4. The molecule has 5 heterocycles. The largest absolute Gasteiger partial charge is 0.384 e. The van der Waals surface area contributed by atoms with Crippen molar-refractivity contribution in [1.82, 2.24) is 46.0 Å². The van der Waals surface area contributed by atoms with Crippen LogP contribution in [0, 0.1) is 56.3 Å². The summed E-state index contributed by atoms with van der Waals surface area (Å²) < 4.78 is 0. The van der Waals surface area contributed by atoms with Gasteiger partial charge in [-0.25, -0.2) is 15.0 Å². The van der Waals surface area contributed by atoms with E-state index in [-0.39, 0.29) is 70.5 Å². The van der Waals surface area contributed by atoms with Crippen molar-refractivity contribution in [2.75, 3.05) is 55.8 Å². The third-order valence-electron chi connectivity index (χ3n) is 21.8. The van der Waals surface area contributed by atoms with Crippen LogP contribution in [0.3, 0.4) is 0 Å². The lowest BCUT2D eigenvalue weighted by Gasteiger charge is -2.31. The number of nitrogens with two attached hydrogens (primary N) is 3. The van der Waals surface area contributed by atoms with Gasteiger partial charge in [0.25, 0.3) is 17.7 Å². The summed E-state index contributed by atoms with van der Waals surface area (Å²) in [5, 5.41) is 11.7. The fourth-order valence-electron chi connectivity index (χ4n) is 15.1. The number of anilines is 3. The molecule has 5 aliphatic rings. The maximum atomic E-state index is 12.8. The number of nitrogen functional groups attached to an aromatic ring is 3. The molecule has 21 nitrogen and oxygen atoms in total. The summed E-state index contributed by atoms with van der Waals surface area (Å²) >= 11 is 5.67. The van der Waals surface area contributed by atoms with E-state index in [0.717, 1.165) is 184 Å². The van der Waals surface area contributed by atoms with Crippen LogP contribution in [0.15, 0.2) is 109 Å². The molecule has 22 heteroatoms. The number of carbonyl (C=O) groups excluding carboxylic acids is 9. The number of amides is 6. The van der Waals surface area contributed by atoms with E-state index in [0.29, 0.717) is 91.7 Å². The number of carbonyl (C=O) groups is 9. The number of nitrogens with zero attached hydrogens (tertiary/aromatic N) is 5. The number of alkyl halides is 1. The van der Waals surface area contributed by atoms with Crippen molar-refractivity contribution in [3.8, 4) is 0 Å². The van der Waals surface area contributed by atoms with Gasteiger partial charge in [0.2, 0.25) is 17.7 Å². The van der Waals surface area contributed by atoms with Gasteiger partial charge in [-0.3, -0.25) is 43.2 Å². The molecule has 0 radical (unpaired) electrons. The van der Waals surface area contributed by atoms with Gasteiger partial charge in [-0.05, 0) is 263 Å². The van der Waals surface area contributed by atoms with E-state index in [1.54, 1.807) is 39.0 Å². The van der Waals surface area contributed by atoms with Gasteiger partial charge in [0.15, 0.2) is 17.3 Å². The molecule has 0 bridgehead atoms. The summed E-state index contributed by atoms with van der Waals surface area (Å²) in [6.45, 7) is 14.9. The van der Waals surface area contributed by atoms with E-state index in [9.17, 15) is 43.2 Å². The van der Waals surface area contributed by atoms with Crippen LogP contribution in [-0.4, -0.2) is 134 Å². The van der Waals surface area contributed by atoms with E-state index in [4.69, 9.17) is 28.8 Å². The zero-order valence-electron chi connectivity index (χ0n) is 62.7. The number of hydrogen-bond donors (Lipinski definition) is 7. The molecule has 6 amide bonds. The highest BCUT2D eigenvalue weighted by Crippen LogP contribution is 2.37. The number of ketones is 3. The van der Waals surface area contributed by atoms with Crippen molar-refractivity contribution in [2.24, 2.45) is 35.5 Å². The van der Waals surface area contributed by atoms with Crippen LogP contribution in [0.2, 0.25) is 0 Å². The number of halogens is 1. The molecule has 3 aromatic carbocycles. The normalized spacial score (nSPS) is 19.5. The first kappa shape index (κ1) is 80.7. The summed E-state index contributed by atoms with van der Waals surface area (Å²) in [7, 11) is 0. The van der Waals surface area contributed by atoms with E-state index in [1.807, 2.05) is 109 Å². The minimum absolute atomic E-state index is 0.00950. The first-order chi connectivity index (χ1) is 50.9. The van der Waals surface area contributed by atoms with Crippen molar-refractivity contribution >= 4 is 81.8 Å². The lowest BCUT2D eigenvalue weighted by molar-refractivity contribution is -0.129. The minimum Gasteiger partial charge on any atom is -0.384 e. The minimum atomic E-state index is -0.521. The Kier molecular flexibility index (Phi) is 29.9. The molecule has 10 N–H and O–H groups in total. The Balaban J connectivity index is 0.000000184. The highest BCUT2D eigenvalue weighted by molar-refractivity contribution is 6.17. The number of benzene rings is 3. The van der Waals surface area contributed by atoms with Gasteiger partial charge in [0.1, 0.15) is 17.5 Å². The Labute approximate surface area is 629 Å². The van der Waals surface area contributed by atoms with Gasteiger partial charge < -0.3 is 48.3 Å². The van der Waals surface area contributed by atoms with Crippen LogP contribution in [-0.2, 0) is 67.3 Å². The predicted molar refractivity (Wildman–Crippen MR) is 415 cm³/mol. The highest BCUT2D eigenvalue weighted by Gasteiger charge is 2.35. The van der Waals surface area contributed by atoms with E-state index >= 15 is 0 Å². The van der Waals surface area contributed by atoms with Crippen molar-refractivity contribution in [3.63, 3.8) is 0 Å². The SMILES string of the molecule is Cc1nc(N)ccc1CCC(=O)[C@H](C)NC(=O)[C@@H]1CC[C@@H](Cc2cccc(C(=O)N3CCC3)c2)C1.Cc1nc(N)ccc1CCC(=O)[C@H](C)NC(=O)[C@@H]1CC[C@@H](Cc2cccc(C(=O)N3CCC3)c2)C1.Cc1nc(N)ccc1CCC(=O)[C@H](C)NC(=O)[C@@H]1CC[C@@H](Cc2cccc(C(=O)NCCCCl)c2)C1. The Morgan fingerprint density at radius 1 is 0.453 bits per heavy atom. The fraction of sp³-hybridized carbons (Fsp3) is 0.500. The number of likely N-dealkylation sites (tertiary alicyclic amines) is 2. The van der Waals surface area contributed by atoms with Crippen LogP contribution in [0.5, 0.6) is 0 Å². The molecule has 106 heavy (non-hydrogen) atoms. The molecule has 2 aliphatic heterocycles. The van der Waals surface area contributed by atoms with Crippen LogP contribution in [0.25, 0.3) is 0 Å². The molecule has 11 rings (SSSR count). The van der Waals surface area contributed by atoms with Gasteiger partial charge in [-0.15, -0.1) is 11.6 Å². The number of aryl methyl sites for hydroxylation is 6. The molecule has 2 saturated heterocycles. The van der Waals surface area contributed by atoms with Crippen LogP contribution >= 0.6 is 11.6 Å². The molecular weight excluding hydrogens is 1360 g/mol. The van der Waals surface area contributed by atoms with Gasteiger partial charge in [0.05, 0.1) is 18.1 Å². The first-order valence-electron chi connectivity index (χ1n) is 38.2. The first-order valence-corrected chi connectivity index (χ1v) is 38.7. The Hall–Kier alpha value is -9.37. The topological polar surface area (TPSA) is 325 Å². The molecule has 0 spiro atoms. The average molecular weight is 1470 g/mol. The third-order valence-corrected chi connectivity index (χ3v) is 22.1. The van der Waals surface area contributed by atoms with Crippen molar-refractivity contribution in [3.05, 3.63) is 176 Å². The predicted octanol–water partition coefficient (Wildman–Crippen LogP) is 11.0. The van der Waals surface area contributed by atoms with Crippen LogP contribution < -0.4 is 38.5 Å². The summed E-state index contributed by atoms with van der Waals surface area (Å²) in [5.41, 5.74) is 28.1. The highest BCUT2D eigenvalue weighted by atomic mass is 35.5. The summed E-state index contributed by atoms with van der Waals surface area (Å²) in [5.74, 6) is 3.00. The second-order valence-corrected chi connectivity index (χ2v) is 30.3. The number of hydrogen-bond acceptors (Lipinski definition) is 15. The Morgan fingerprint density at radius 2 is 0.774 bits per heavy atom. The van der Waals surface area contributed by atoms with E-state index in [2.05, 4.69) is 48.4 Å². The maximum absolute atomic E-state index is 12.8. The number of Topliss-reactive ketones (excluding diaryl/α,β-unsaturated/α-hetero) is 3. The Morgan fingerprint density at radius 3 is 1.08 bits per heavy atom. The molecule has 3 aliphatic carbocycles. The molecule has 5 fully saturated rings. The van der Waals surface area contributed by atoms with Crippen molar-refractivity contribution < 1.29 is 43.2 Å². The third kappa shape index (κ3) is 23.8. The van der Waals surface area contributed by atoms with Crippen LogP contribution in [0.4, 0.5) is 17.5 Å². The van der Waals surface area contributed by atoms with E-state index in [1.165, 1.54) is 0 Å². The van der Waals surface area contributed by atoms with Crippen molar-refractivity contribution in [2.45, 2.75) is 195 Å². The van der Waals surface area contributed by atoms with Gasteiger partial charge >= 0.3 is 0 Å². The summed E-state index contributed by atoms with van der Waals surface area (Å²) in [4.78, 5) is 130. The zero-order valence-corrected chi connectivity index (χ0v) is 63.5. The van der Waals surface area contributed by atoms with Gasteiger partial charge in [0, 0.05) is 109 Å². The number of aromatic nitrogens is 3. The molecule has 3 saturated carbocycles. The van der Waals surface area contributed by atoms with Crippen LogP contribution in [0.1, 0.15) is 199 Å². The Bertz CT molecular complexity index is 3910. The van der Waals surface area contributed by atoms with Gasteiger partial charge in [-0.2, -0.15) is 0 Å². The molecule has 3 aromatic heterocycles. The molecule has 566 valence electrons. The lowest BCUT2D eigenvalue weighted by Crippen LogP contribution is -2.42. The standard InChI is InChI=1S/C28H37ClN4O3.2C28H36N4O3/c1-18-22(10-12-26(30)32-18)9-11-25(34)19(2)33-28(36)24-8-7-21(17-24)15-20-5-3-6-23(16-20)27(35)31-14-4-13-29;2*1-18-22(10-12-26(29)30-18)9-11-25(33)19(2)31-27(34)23-8-7-21(16-23)15-20-5-3-6-24(17-20)28(35)32-13-4-14-32/h3,5-6,10,12,16,19,21,24H,4,7-9,11,13-15,17H2,1-2H3,(H2,30,32)(H,31,35)(H,33,36);2*3,5-6,10,12,17,19,21,23H,4,7-9,11,13-16H2,1-2H3,(H2,29,30)(H,31,34)/t19-,21-,24+;2*19-,21-,23+/m000/s1. The molecule has 6 aromatic rings. The van der Waals surface area contributed by atoms with E-state index < -0.39 is 18.1 Å². The summed E-state index contributed by atoms with van der Waals surface area (Å²) in [6.07, 6.45) is 16.1. The second-order valence-electron chi connectivity index (χ2n) is 30.0. The zero-order chi connectivity index (χ0) is 76.0.